The highest BCUT2D eigenvalue weighted by molar-refractivity contribution is 5.78. The van der Waals surface area contributed by atoms with E-state index in [1.54, 1.807) is 6.08 Å². The van der Waals surface area contributed by atoms with E-state index in [2.05, 4.69) is 25.7 Å². The zero-order valence-electron chi connectivity index (χ0n) is 15.5. The summed E-state index contributed by atoms with van der Waals surface area (Å²) in [6.45, 7) is 6.06. The van der Waals surface area contributed by atoms with Gasteiger partial charge in [0.2, 0.25) is 0 Å². The summed E-state index contributed by atoms with van der Waals surface area (Å²) in [5.41, 5.74) is 0. The van der Waals surface area contributed by atoms with Gasteiger partial charge in [-0.2, -0.15) is 0 Å². The van der Waals surface area contributed by atoms with E-state index >= 15 is 0 Å². The van der Waals surface area contributed by atoms with Crippen LogP contribution >= 0.6 is 0 Å². The van der Waals surface area contributed by atoms with Crippen LogP contribution in [0.4, 0.5) is 0 Å². The van der Waals surface area contributed by atoms with Crippen LogP contribution in [-0.4, -0.2) is 24.8 Å². The molecule has 0 saturated carbocycles. The van der Waals surface area contributed by atoms with Crippen molar-refractivity contribution in [3.63, 3.8) is 0 Å². The molecular weight excluding hydrogens is 300 g/mol. The van der Waals surface area contributed by atoms with Crippen LogP contribution in [0.2, 0.25) is 0 Å². The van der Waals surface area contributed by atoms with Gasteiger partial charge in [0.1, 0.15) is 6.61 Å². The Morgan fingerprint density at radius 3 is 2.29 bits per heavy atom. The van der Waals surface area contributed by atoms with E-state index in [0.717, 1.165) is 12.8 Å². The maximum Gasteiger partial charge on any atom is 0.338 e. The maximum absolute atomic E-state index is 11.5. The van der Waals surface area contributed by atoms with Crippen LogP contribution in [0.3, 0.4) is 0 Å². The molecule has 0 bridgehead atoms. The van der Waals surface area contributed by atoms with E-state index in [9.17, 15) is 4.79 Å². The van der Waals surface area contributed by atoms with Gasteiger partial charge >= 0.3 is 5.97 Å². The summed E-state index contributed by atoms with van der Waals surface area (Å²) >= 11 is 0. The van der Waals surface area contributed by atoms with Crippen LogP contribution in [0, 0.1) is 0 Å². The van der Waals surface area contributed by atoms with Crippen molar-refractivity contribution in [1.29, 1.82) is 0 Å². The molecule has 0 aromatic carbocycles. The molecule has 1 saturated heterocycles. The van der Waals surface area contributed by atoms with Gasteiger partial charge in [-0.05, 0) is 32.1 Å². The number of hydrogen-bond donors (Lipinski definition) is 0. The highest BCUT2D eigenvalue weighted by atomic mass is 16.6. The summed E-state index contributed by atoms with van der Waals surface area (Å²) in [6, 6.07) is 0. The number of esters is 1. The number of unbranched alkanes of at least 4 members (excludes halogenated alkanes) is 9. The third kappa shape index (κ3) is 10.6. The smallest absolute Gasteiger partial charge is 0.338 e. The molecule has 1 fully saturated rings. The fourth-order valence-corrected chi connectivity index (χ4v) is 2.86. The van der Waals surface area contributed by atoms with E-state index in [-0.39, 0.29) is 24.8 Å². The first-order valence-electron chi connectivity index (χ1n) is 9.87. The highest BCUT2D eigenvalue weighted by Gasteiger charge is 2.45. The molecule has 0 aromatic heterocycles. The van der Waals surface area contributed by atoms with Gasteiger partial charge in [-0.3, -0.25) is 0 Å². The van der Waals surface area contributed by atoms with Gasteiger partial charge in [0.15, 0.2) is 6.10 Å². The van der Waals surface area contributed by atoms with Gasteiger partial charge in [0.05, 0.1) is 6.10 Å². The van der Waals surface area contributed by atoms with Gasteiger partial charge in [0, 0.05) is 0 Å². The Bertz CT molecular complexity index is 362. The highest BCUT2D eigenvalue weighted by Crippen LogP contribution is 2.28. The Balaban J connectivity index is 1.82. The van der Waals surface area contributed by atoms with Gasteiger partial charge in [-0.15, -0.1) is 0 Å². The van der Waals surface area contributed by atoms with Crippen LogP contribution in [0.15, 0.2) is 24.8 Å². The molecule has 2 unspecified atom stereocenters. The average molecular weight is 337 g/mol. The Hall–Kier alpha value is -1.09. The number of ether oxygens (including phenoxy) is 2. The Morgan fingerprint density at radius 1 is 1.00 bits per heavy atom. The van der Waals surface area contributed by atoms with Crippen molar-refractivity contribution >= 4 is 5.97 Å². The molecule has 0 N–H and O–H groups in total. The van der Waals surface area contributed by atoms with Crippen molar-refractivity contribution in [2.75, 3.05) is 6.61 Å². The van der Waals surface area contributed by atoms with Gasteiger partial charge in [-0.25, -0.2) is 4.79 Å². The molecule has 138 valence electrons. The monoisotopic (exact) mass is 336 g/mol. The summed E-state index contributed by atoms with van der Waals surface area (Å²) in [4.78, 5) is 11.5. The predicted octanol–water partition coefficient (Wildman–Crippen LogP) is 5.74. The molecule has 0 aromatic rings. The van der Waals surface area contributed by atoms with Crippen molar-refractivity contribution in [3.8, 4) is 0 Å². The van der Waals surface area contributed by atoms with Crippen LogP contribution in [0.25, 0.3) is 0 Å². The van der Waals surface area contributed by atoms with E-state index in [1.807, 2.05) is 0 Å². The predicted molar refractivity (Wildman–Crippen MR) is 100 cm³/mol. The number of allylic oxidation sites excluding steroid dienone is 2. The molecule has 24 heavy (non-hydrogen) atoms. The quantitative estimate of drug-likeness (QED) is 0.156. The molecule has 0 amide bonds. The van der Waals surface area contributed by atoms with Crippen LogP contribution in [-0.2, 0) is 14.3 Å². The number of hydrogen-bond acceptors (Lipinski definition) is 3. The lowest BCUT2D eigenvalue weighted by atomic mass is 10.1. The van der Waals surface area contributed by atoms with E-state index in [4.69, 9.17) is 9.47 Å². The molecule has 3 heteroatoms. The lowest BCUT2D eigenvalue weighted by molar-refractivity contribution is -0.143. The molecule has 2 atom stereocenters. The number of epoxide rings is 1. The summed E-state index contributed by atoms with van der Waals surface area (Å²) < 4.78 is 10.3. The maximum atomic E-state index is 11.5. The molecule has 0 spiro atoms. The minimum absolute atomic E-state index is 0.0885. The van der Waals surface area contributed by atoms with E-state index < -0.39 is 0 Å². The van der Waals surface area contributed by atoms with Gasteiger partial charge in [-0.1, -0.05) is 76.7 Å². The Labute approximate surface area is 148 Å². The second-order valence-corrected chi connectivity index (χ2v) is 6.68. The van der Waals surface area contributed by atoms with Crippen LogP contribution in [0.1, 0.15) is 84.0 Å². The second-order valence-electron chi connectivity index (χ2n) is 6.68. The minimum Gasteiger partial charge on any atom is -0.459 e. The Kier molecular flexibility index (Phi) is 12.5. The molecule has 1 rings (SSSR count). The minimum atomic E-state index is -0.317. The topological polar surface area (TPSA) is 38.8 Å². The zero-order chi connectivity index (χ0) is 17.5. The number of carbonyl (C=O) groups excluding carboxylic acids is 1. The number of carbonyl (C=O) groups is 1. The molecule has 1 heterocycles. The molecule has 1 aliphatic heterocycles. The first kappa shape index (κ1) is 21.0. The van der Waals surface area contributed by atoms with E-state index in [1.165, 1.54) is 64.2 Å². The van der Waals surface area contributed by atoms with Gasteiger partial charge in [0.25, 0.3) is 0 Å². The summed E-state index contributed by atoms with van der Waals surface area (Å²) in [6.07, 6.45) is 21.2. The Morgan fingerprint density at radius 2 is 1.62 bits per heavy atom. The van der Waals surface area contributed by atoms with Crippen molar-refractivity contribution in [3.05, 3.63) is 24.8 Å². The SMILES string of the molecule is C=CCOC(=O)C1OC1CCCCC/C=C\CCCCCCCC. The fraction of sp³-hybridized carbons (Fsp3) is 0.762. The fourth-order valence-electron chi connectivity index (χ4n) is 2.86. The van der Waals surface area contributed by atoms with E-state index in [0.29, 0.717) is 0 Å². The lowest BCUT2D eigenvalue weighted by Gasteiger charge is -1.99. The van der Waals surface area contributed by atoms with Crippen molar-refractivity contribution in [1.82, 2.24) is 0 Å². The third-order valence-electron chi connectivity index (χ3n) is 4.41. The molecule has 3 nitrogen and oxygen atoms in total. The summed E-state index contributed by atoms with van der Waals surface area (Å²) in [5.74, 6) is -0.238. The molecule has 0 aliphatic carbocycles. The van der Waals surface area contributed by atoms with Crippen molar-refractivity contribution in [2.45, 2.75) is 96.2 Å². The first-order valence-corrected chi connectivity index (χ1v) is 9.87. The van der Waals surface area contributed by atoms with Crippen LogP contribution < -0.4 is 0 Å². The zero-order valence-corrected chi connectivity index (χ0v) is 15.5. The average Bonchev–Trinajstić information content (AvgIpc) is 3.36. The van der Waals surface area contributed by atoms with Gasteiger partial charge < -0.3 is 9.47 Å². The third-order valence-corrected chi connectivity index (χ3v) is 4.41. The largest absolute Gasteiger partial charge is 0.459 e. The first-order chi connectivity index (χ1) is 11.8. The van der Waals surface area contributed by atoms with Crippen molar-refractivity contribution < 1.29 is 14.3 Å². The lowest BCUT2D eigenvalue weighted by Crippen LogP contribution is -2.14. The van der Waals surface area contributed by atoms with Crippen LogP contribution in [0.5, 0.6) is 0 Å². The number of rotatable bonds is 16. The summed E-state index contributed by atoms with van der Waals surface area (Å²) in [5, 5.41) is 0. The van der Waals surface area contributed by atoms with Crippen molar-refractivity contribution in [2.24, 2.45) is 0 Å². The standard InChI is InChI=1S/C21H36O3/c1-3-5-6-7-8-9-10-11-12-13-14-15-16-17-19-20(24-19)21(22)23-18-4-2/h4,11-12,19-20H,2-3,5-10,13-18H2,1H3/b12-11-. The molecule has 0 radical (unpaired) electrons. The normalized spacial score (nSPS) is 19.5. The molecule has 1 aliphatic rings. The second kappa shape index (κ2) is 14.3. The summed E-state index contributed by atoms with van der Waals surface area (Å²) in [7, 11) is 0. The molecular formula is C21H36O3.